The van der Waals surface area contributed by atoms with Crippen molar-refractivity contribution in [2.75, 3.05) is 0 Å². The summed E-state index contributed by atoms with van der Waals surface area (Å²) in [4.78, 5) is 15.3. The molecule has 3 aromatic rings. The van der Waals surface area contributed by atoms with Gasteiger partial charge in [0, 0.05) is 10.9 Å². The van der Waals surface area contributed by atoms with E-state index in [2.05, 4.69) is 4.98 Å². The molecule has 0 aliphatic rings. The minimum absolute atomic E-state index is 0.00509. The lowest BCUT2D eigenvalue weighted by molar-refractivity contribution is -0.136. The second kappa shape index (κ2) is 4.72. The summed E-state index contributed by atoms with van der Waals surface area (Å²) in [6.45, 7) is 0. The Bertz CT molecular complexity index is 760. The summed E-state index contributed by atoms with van der Waals surface area (Å²) in [5.41, 5.74) is 2.60. The first kappa shape index (κ1) is 12.3. The summed E-state index contributed by atoms with van der Waals surface area (Å²) < 4.78 is 0.690. The second-order valence-electron chi connectivity index (χ2n) is 4.20. The van der Waals surface area contributed by atoms with E-state index >= 15 is 0 Å². The van der Waals surface area contributed by atoms with E-state index in [0.717, 1.165) is 27.0 Å². The van der Waals surface area contributed by atoms with Gasteiger partial charge in [0.1, 0.15) is 0 Å². The van der Waals surface area contributed by atoms with Gasteiger partial charge >= 0.3 is 5.97 Å². The number of fused-ring (bicyclic) bond motifs is 1. The van der Waals surface area contributed by atoms with Gasteiger partial charge < -0.3 is 10.1 Å². The Balaban J connectivity index is 2.25. The third-order valence-electron chi connectivity index (χ3n) is 2.96. The number of rotatable bonds is 3. The first-order chi connectivity index (χ1) is 9.15. The van der Waals surface area contributed by atoms with Crippen LogP contribution in [0.15, 0.2) is 36.4 Å². The van der Waals surface area contributed by atoms with E-state index in [0.29, 0.717) is 4.34 Å². The summed E-state index contributed by atoms with van der Waals surface area (Å²) in [5, 5.41) is 10.0. The Morgan fingerprint density at radius 1 is 1.26 bits per heavy atom. The lowest BCUT2D eigenvalue weighted by atomic mass is 10.1. The van der Waals surface area contributed by atoms with Crippen molar-refractivity contribution in [1.29, 1.82) is 0 Å². The Hall–Kier alpha value is -1.78. The van der Waals surface area contributed by atoms with Crippen LogP contribution in [0, 0.1) is 0 Å². The number of carbonyl (C=O) groups is 1. The van der Waals surface area contributed by atoms with E-state index in [9.17, 15) is 4.79 Å². The maximum atomic E-state index is 11.1. The van der Waals surface area contributed by atoms with Crippen molar-refractivity contribution in [3.8, 4) is 10.6 Å². The fourth-order valence-corrected chi connectivity index (χ4v) is 3.26. The number of aliphatic carboxylic acids is 1. The molecule has 0 fully saturated rings. The van der Waals surface area contributed by atoms with Gasteiger partial charge in [-0.25, -0.2) is 0 Å². The fourth-order valence-electron chi connectivity index (χ4n) is 2.19. The highest BCUT2D eigenvalue weighted by atomic mass is 35.5. The molecule has 19 heavy (non-hydrogen) atoms. The monoisotopic (exact) mass is 291 g/mol. The predicted molar refractivity (Wildman–Crippen MR) is 78.0 cm³/mol. The van der Waals surface area contributed by atoms with Gasteiger partial charge in [0.2, 0.25) is 0 Å². The SMILES string of the molecule is O=C(O)Cc1c(-c2ccc(Cl)s2)[nH]c2ccccc12. The molecule has 0 atom stereocenters. The zero-order valence-corrected chi connectivity index (χ0v) is 11.4. The van der Waals surface area contributed by atoms with Gasteiger partial charge in [0.05, 0.1) is 21.3 Å². The molecule has 96 valence electrons. The summed E-state index contributed by atoms with van der Waals surface area (Å²) in [6, 6.07) is 11.4. The summed E-state index contributed by atoms with van der Waals surface area (Å²) in [6.07, 6.45) is -0.00509. The highest BCUT2D eigenvalue weighted by Crippen LogP contribution is 2.36. The van der Waals surface area contributed by atoms with Crippen LogP contribution in [0.4, 0.5) is 0 Å². The second-order valence-corrected chi connectivity index (χ2v) is 5.91. The normalized spacial score (nSPS) is 11.0. The number of halogens is 1. The Morgan fingerprint density at radius 3 is 2.74 bits per heavy atom. The molecule has 0 radical (unpaired) electrons. The van der Waals surface area contributed by atoms with Crippen LogP contribution < -0.4 is 0 Å². The molecule has 0 aliphatic carbocycles. The molecule has 5 heteroatoms. The van der Waals surface area contributed by atoms with Gasteiger partial charge in [0.25, 0.3) is 0 Å². The molecule has 0 unspecified atom stereocenters. The molecule has 0 saturated heterocycles. The number of aromatic amines is 1. The number of carboxylic acid groups (broad SMARTS) is 1. The lowest BCUT2D eigenvalue weighted by Gasteiger charge is -1.99. The molecule has 3 rings (SSSR count). The number of benzene rings is 1. The number of hydrogen-bond donors (Lipinski definition) is 2. The number of para-hydroxylation sites is 1. The average Bonchev–Trinajstić information content (AvgIpc) is 2.94. The Kier molecular flexibility index (Phi) is 3.05. The molecule has 0 spiro atoms. The van der Waals surface area contributed by atoms with Crippen molar-refractivity contribution in [1.82, 2.24) is 4.98 Å². The fraction of sp³-hybridized carbons (Fsp3) is 0.0714. The molecule has 2 heterocycles. The van der Waals surface area contributed by atoms with Crippen LogP contribution in [-0.2, 0) is 11.2 Å². The molecule has 2 aromatic heterocycles. The third-order valence-corrected chi connectivity index (χ3v) is 4.21. The van der Waals surface area contributed by atoms with E-state index in [-0.39, 0.29) is 6.42 Å². The molecule has 3 nitrogen and oxygen atoms in total. The molecule has 0 bridgehead atoms. The van der Waals surface area contributed by atoms with Crippen LogP contribution in [0.2, 0.25) is 4.34 Å². The summed E-state index contributed by atoms with van der Waals surface area (Å²) in [7, 11) is 0. The van der Waals surface area contributed by atoms with Crippen molar-refractivity contribution in [2.24, 2.45) is 0 Å². The maximum Gasteiger partial charge on any atom is 0.307 e. The zero-order chi connectivity index (χ0) is 13.4. The van der Waals surface area contributed by atoms with Gasteiger partial charge in [0.15, 0.2) is 0 Å². The first-order valence-electron chi connectivity index (χ1n) is 5.72. The van der Waals surface area contributed by atoms with Crippen molar-refractivity contribution in [3.05, 3.63) is 46.3 Å². The number of carboxylic acids is 1. The maximum absolute atomic E-state index is 11.1. The van der Waals surface area contributed by atoms with E-state index < -0.39 is 5.97 Å². The van der Waals surface area contributed by atoms with Crippen molar-refractivity contribution in [3.63, 3.8) is 0 Å². The van der Waals surface area contributed by atoms with E-state index in [1.165, 1.54) is 11.3 Å². The number of thiophene rings is 1. The van der Waals surface area contributed by atoms with Crippen LogP contribution in [0.5, 0.6) is 0 Å². The van der Waals surface area contributed by atoms with Gasteiger partial charge in [-0.1, -0.05) is 29.8 Å². The van der Waals surface area contributed by atoms with Crippen LogP contribution >= 0.6 is 22.9 Å². The Labute approximate surface area is 118 Å². The van der Waals surface area contributed by atoms with Gasteiger partial charge in [-0.05, 0) is 23.8 Å². The van der Waals surface area contributed by atoms with Gasteiger partial charge in [-0.3, -0.25) is 4.79 Å². The van der Waals surface area contributed by atoms with E-state index in [1.54, 1.807) is 0 Å². The van der Waals surface area contributed by atoms with Crippen LogP contribution in [0.3, 0.4) is 0 Å². The van der Waals surface area contributed by atoms with E-state index in [4.69, 9.17) is 16.7 Å². The quantitative estimate of drug-likeness (QED) is 0.760. The van der Waals surface area contributed by atoms with Crippen LogP contribution in [-0.4, -0.2) is 16.1 Å². The third kappa shape index (κ3) is 2.25. The molecular weight excluding hydrogens is 282 g/mol. The molecule has 0 saturated carbocycles. The zero-order valence-electron chi connectivity index (χ0n) is 9.81. The summed E-state index contributed by atoms with van der Waals surface area (Å²) in [5.74, 6) is -0.839. The number of hydrogen-bond acceptors (Lipinski definition) is 2. The number of H-pyrrole nitrogens is 1. The topological polar surface area (TPSA) is 53.1 Å². The minimum atomic E-state index is -0.839. The molecule has 1 aromatic carbocycles. The van der Waals surface area contributed by atoms with Gasteiger partial charge in [-0.2, -0.15) is 0 Å². The minimum Gasteiger partial charge on any atom is -0.481 e. The standard InChI is InChI=1S/C14H10ClNO2S/c15-12-6-5-11(19-12)14-9(7-13(17)18)8-3-1-2-4-10(8)16-14/h1-6,16H,7H2,(H,17,18). The highest BCUT2D eigenvalue weighted by molar-refractivity contribution is 7.19. The number of nitrogens with one attached hydrogen (secondary N) is 1. The largest absolute Gasteiger partial charge is 0.481 e. The predicted octanol–water partition coefficient (Wildman–Crippen LogP) is 4.18. The van der Waals surface area contributed by atoms with Gasteiger partial charge in [-0.15, -0.1) is 11.3 Å². The van der Waals surface area contributed by atoms with Crippen molar-refractivity contribution < 1.29 is 9.90 Å². The molecule has 2 N–H and O–H groups in total. The highest BCUT2D eigenvalue weighted by Gasteiger charge is 2.16. The first-order valence-corrected chi connectivity index (χ1v) is 6.91. The summed E-state index contributed by atoms with van der Waals surface area (Å²) >= 11 is 7.39. The molecule has 0 aliphatic heterocycles. The number of aromatic nitrogens is 1. The average molecular weight is 292 g/mol. The smallest absolute Gasteiger partial charge is 0.307 e. The lowest BCUT2D eigenvalue weighted by Crippen LogP contribution is -2.00. The van der Waals surface area contributed by atoms with Crippen molar-refractivity contribution >= 4 is 39.8 Å². The van der Waals surface area contributed by atoms with Crippen molar-refractivity contribution in [2.45, 2.75) is 6.42 Å². The van der Waals surface area contributed by atoms with Crippen LogP contribution in [0.1, 0.15) is 5.56 Å². The molecular formula is C14H10ClNO2S. The van der Waals surface area contributed by atoms with E-state index in [1.807, 2.05) is 36.4 Å². The molecule has 0 amide bonds. The van der Waals surface area contributed by atoms with Crippen LogP contribution in [0.25, 0.3) is 21.5 Å². The Morgan fingerprint density at radius 2 is 2.05 bits per heavy atom.